The lowest BCUT2D eigenvalue weighted by Crippen LogP contribution is -2.11. The van der Waals surface area contributed by atoms with Crippen LogP contribution in [0.1, 0.15) is 40.0 Å². The lowest BCUT2D eigenvalue weighted by Gasteiger charge is -2.19. The van der Waals surface area contributed by atoms with E-state index in [2.05, 4.69) is 32.9 Å². The number of allylic oxidation sites excluding steroid dienone is 2. The van der Waals surface area contributed by atoms with E-state index in [0.29, 0.717) is 0 Å². The Bertz CT molecular complexity index is 135. The van der Waals surface area contributed by atoms with Crippen molar-refractivity contribution >= 4 is 0 Å². The molecule has 0 nitrogen and oxygen atoms in total. The van der Waals surface area contributed by atoms with E-state index >= 15 is 0 Å². The Morgan fingerprint density at radius 3 is 2.55 bits per heavy atom. The van der Waals surface area contributed by atoms with Crippen LogP contribution in [-0.2, 0) is 0 Å². The highest BCUT2D eigenvalue weighted by Gasteiger charge is 2.26. The van der Waals surface area contributed by atoms with Crippen LogP contribution in [0.4, 0.5) is 0 Å². The molecule has 0 bridgehead atoms. The Morgan fingerprint density at radius 1 is 1.36 bits per heavy atom. The lowest BCUT2D eigenvalue weighted by atomic mass is 9.86. The van der Waals surface area contributed by atoms with Crippen molar-refractivity contribution in [2.75, 3.05) is 0 Å². The molecule has 1 aliphatic carbocycles. The van der Waals surface area contributed by atoms with Crippen LogP contribution in [0.15, 0.2) is 12.2 Å². The third-order valence-corrected chi connectivity index (χ3v) is 3.10. The highest BCUT2D eigenvalue weighted by molar-refractivity contribution is 4.90. The molecule has 11 heavy (non-hydrogen) atoms. The summed E-state index contributed by atoms with van der Waals surface area (Å²) in [5.74, 6) is 2.73. The van der Waals surface area contributed by atoms with Crippen molar-refractivity contribution in [3.63, 3.8) is 0 Å². The van der Waals surface area contributed by atoms with Gasteiger partial charge in [0, 0.05) is 0 Å². The van der Waals surface area contributed by atoms with E-state index < -0.39 is 0 Å². The predicted molar refractivity (Wildman–Crippen MR) is 50.5 cm³/mol. The van der Waals surface area contributed by atoms with Crippen molar-refractivity contribution in [2.45, 2.75) is 40.0 Å². The maximum atomic E-state index is 2.40. The summed E-state index contributed by atoms with van der Waals surface area (Å²) >= 11 is 0. The van der Waals surface area contributed by atoms with Gasteiger partial charge in [-0.1, -0.05) is 38.8 Å². The number of hydrogen-bond acceptors (Lipinski definition) is 0. The molecule has 1 rings (SSSR count). The third kappa shape index (κ3) is 2.08. The predicted octanol–water partition coefficient (Wildman–Crippen LogP) is 3.63. The molecule has 3 atom stereocenters. The van der Waals surface area contributed by atoms with Crippen LogP contribution >= 0.6 is 0 Å². The number of hydrogen-bond donors (Lipinski definition) is 0. The first-order valence-electron chi connectivity index (χ1n) is 4.88. The minimum atomic E-state index is 0.803. The summed E-state index contributed by atoms with van der Waals surface area (Å²) in [4.78, 5) is 0. The van der Waals surface area contributed by atoms with Crippen LogP contribution in [0.3, 0.4) is 0 Å². The molecule has 1 aliphatic rings. The van der Waals surface area contributed by atoms with Gasteiger partial charge in [0.25, 0.3) is 0 Å². The van der Waals surface area contributed by atoms with Crippen LogP contribution in [0.25, 0.3) is 0 Å². The average molecular weight is 152 g/mol. The molecule has 0 saturated heterocycles. The van der Waals surface area contributed by atoms with Gasteiger partial charge in [0.2, 0.25) is 0 Å². The number of rotatable bonds is 2. The van der Waals surface area contributed by atoms with Crippen LogP contribution in [-0.4, -0.2) is 0 Å². The van der Waals surface area contributed by atoms with Crippen LogP contribution in [0, 0.1) is 17.8 Å². The Morgan fingerprint density at radius 2 is 2.09 bits per heavy atom. The highest BCUT2D eigenvalue weighted by atomic mass is 14.3. The molecule has 0 amide bonds. The van der Waals surface area contributed by atoms with Gasteiger partial charge in [-0.2, -0.15) is 0 Å². The second kappa shape index (κ2) is 3.94. The standard InChI is InChI=1S/C11H20/c1-4-6-9(2)11-8-5-7-10(11)3/h4,6,9-11H,5,7-8H2,1-3H3/b6-4+/t9-,10-,11-/m1/s1. The summed E-state index contributed by atoms with van der Waals surface area (Å²) in [6, 6.07) is 0. The van der Waals surface area contributed by atoms with Crippen LogP contribution < -0.4 is 0 Å². The Labute approximate surface area is 70.7 Å². The molecule has 0 aromatic carbocycles. The van der Waals surface area contributed by atoms with Gasteiger partial charge in [-0.25, -0.2) is 0 Å². The van der Waals surface area contributed by atoms with Gasteiger partial charge in [-0.15, -0.1) is 0 Å². The van der Waals surface area contributed by atoms with Gasteiger partial charge in [0.15, 0.2) is 0 Å². The first-order chi connectivity index (χ1) is 5.25. The average Bonchev–Trinajstić information content (AvgIpc) is 2.36. The topological polar surface area (TPSA) is 0 Å². The van der Waals surface area contributed by atoms with Crippen molar-refractivity contribution in [2.24, 2.45) is 17.8 Å². The molecule has 0 unspecified atom stereocenters. The Kier molecular flexibility index (Phi) is 3.16. The third-order valence-electron chi connectivity index (χ3n) is 3.10. The second-order valence-electron chi connectivity index (χ2n) is 3.96. The summed E-state index contributed by atoms with van der Waals surface area (Å²) in [6.07, 6.45) is 8.90. The van der Waals surface area contributed by atoms with Gasteiger partial charge in [-0.05, 0) is 31.1 Å². The molecule has 0 heterocycles. The summed E-state index contributed by atoms with van der Waals surface area (Å²) < 4.78 is 0. The fraction of sp³-hybridized carbons (Fsp3) is 0.818. The minimum absolute atomic E-state index is 0.803. The van der Waals surface area contributed by atoms with Gasteiger partial charge in [-0.3, -0.25) is 0 Å². The van der Waals surface area contributed by atoms with E-state index in [4.69, 9.17) is 0 Å². The largest absolute Gasteiger partial charge is 0.0914 e. The van der Waals surface area contributed by atoms with Gasteiger partial charge >= 0.3 is 0 Å². The SMILES string of the molecule is C/C=C/[C@@H](C)[C@H]1CCC[C@H]1C. The summed E-state index contributed by atoms with van der Waals surface area (Å²) in [6.45, 7) is 6.88. The van der Waals surface area contributed by atoms with Gasteiger partial charge < -0.3 is 0 Å². The fourth-order valence-electron chi connectivity index (χ4n) is 2.40. The molecule has 0 radical (unpaired) electrons. The smallest absolute Gasteiger partial charge is 0.0231 e. The van der Waals surface area contributed by atoms with E-state index in [1.165, 1.54) is 19.3 Å². The highest BCUT2D eigenvalue weighted by Crippen LogP contribution is 2.36. The molecule has 0 heteroatoms. The molecule has 0 N–H and O–H groups in total. The fourth-order valence-corrected chi connectivity index (χ4v) is 2.40. The summed E-state index contributed by atoms with van der Waals surface area (Å²) in [5, 5.41) is 0. The van der Waals surface area contributed by atoms with E-state index in [0.717, 1.165) is 17.8 Å². The summed E-state index contributed by atoms with van der Waals surface area (Å²) in [5.41, 5.74) is 0. The van der Waals surface area contributed by atoms with E-state index in [1.54, 1.807) is 0 Å². The second-order valence-corrected chi connectivity index (χ2v) is 3.96. The van der Waals surface area contributed by atoms with Gasteiger partial charge in [0.05, 0.1) is 0 Å². The molecule has 0 aliphatic heterocycles. The Hall–Kier alpha value is -0.260. The van der Waals surface area contributed by atoms with E-state index in [9.17, 15) is 0 Å². The zero-order valence-electron chi connectivity index (χ0n) is 8.01. The maximum Gasteiger partial charge on any atom is -0.0231 e. The van der Waals surface area contributed by atoms with E-state index in [-0.39, 0.29) is 0 Å². The van der Waals surface area contributed by atoms with Crippen molar-refractivity contribution in [3.05, 3.63) is 12.2 Å². The first kappa shape index (κ1) is 8.83. The molecule has 1 fully saturated rings. The molecular formula is C11H20. The molecule has 0 aromatic rings. The quantitative estimate of drug-likeness (QED) is 0.530. The zero-order chi connectivity index (χ0) is 8.27. The molecule has 0 aromatic heterocycles. The van der Waals surface area contributed by atoms with Crippen LogP contribution in [0.2, 0.25) is 0 Å². The first-order valence-corrected chi connectivity index (χ1v) is 4.88. The maximum absolute atomic E-state index is 2.40. The minimum Gasteiger partial charge on any atom is -0.0914 e. The lowest BCUT2D eigenvalue weighted by molar-refractivity contribution is 0.341. The molecule has 0 spiro atoms. The Balaban J connectivity index is 2.45. The van der Waals surface area contributed by atoms with Gasteiger partial charge in [0.1, 0.15) is 0 Å². The molecular weight excluding hydrogens is 132 g/mol. The normalized spacial score (nSPS) is 34.8. The molecule has 1 saturated carbocycles. The zero-order valence-corrected chi connectivity index (χ0v) is 8.01. The summed E-state index contributed by atoms with van der Waals surface area (Å²) in [7, 11) is 0. The molecule has 64 valence electrons. The van der Waals surface area contributed by atoms with Crippen molar-refractivity contribution < 1.29 is 0 Å². The van der Waals surface area contributed by atoms with Crippen molar-refractivity contribution in [1.82, 2.24) is 0 Å². The van der Waals surface area contributed by atoms with Crippen LogP contribution in [0.5, 0.6) is 0 Å². The van der Waals surface area contributed by atoms with Crippen molar-refractivity contribution in [3.8, 4) is 0 Å². The monoisotopic (exact) mass is 152 g/mol. The van der Waals surface area contributed by atoms with Crippen molar-refractivity contribution in [1.29, 1.82) is 0 Å². The van der Waals surface area contributed by atoms with E-state index in [1.807, 2.05) is 0 Å².